The van der Waals surface area contributed by atoms with Crippen molar-refractivity contribution in [2.75, 3.05) is 20.1 Å². The maximum absolute atomic E-state index is 3.72. The van der Waals surface area contributed by atoms with E-state index < -0.39 is 0 Å². The molecule has 1 heterocycles. The second kappa shape index (κ2) is 3.97. The van der Waals surface area contributed by atoms with Gasteiger partial charge < -0.3 is 10.2 Å². The SMILES string of the molecule is CC(NC1CC1)C1CCCN(C)C1. The van der Waals surface area contributed by atoms with Gasteiger partial charge in [0.2, 0.25) is 0 Å². The second-order valence-electron chi connectivity index (χ2n) is 4.89. The van der Waals surface area contributed by atoms with Gasteiger partial charge in [-0.3, -0.25) is 0 Å². The molecule has 2 rings (SSSR count). The van der Waals surface area contributed by atoms with Crippen molar-refractivity contribution in [3.05, 3.63) is 0 Å². The highest BCUT2D eigenvalue weighted by Crippen LogP contribution is 2.24. The summed E-state index contributed by atoms with van der Waals surface area (Å²) in [6, 6.07) is 1.59. The summed E-state index contributed by atoms with van der Waals surface area (Å²) in [5.74, 6) is 0.888. The Morgan fingerprint density at radius 2 is 2.08 bits per heavy atom. The van der Waals surface area contributed by atoms with Crippen LogP contribution in [0.25, 0.3) is 0 Å². The lowest BCUT2D eigenvalue weighted by Crippen LogP contribution is -2.43. The molecule has 13 heavy (non-hydrogen) atoms. The molecule has 1 saturated carbocycles. The Kier molecular flexibility index (Phi) is 2.89. The molecule has 1 aliphatic carbocycles. The van der Waals surface area contributed by atoms with Crippen molar-refractivity contribution in [2.45, 2.75) is 44.7 Å². The van der Waals surface area contributed by atoms with Gasteiger partial charge in [0.15, 0.2) is 0 Å². The molecule has 0 aromatic heterocycles. The Labute approximate surface area is 81.7 Å². The Balaban J connectivity index is 1.76. The van der Waals surface area contributed by atoms with Crippen molar-refractivity contribution in [2.24, 2.45) is 5.92 Å². The van der Waals surface area contributed by atoms with Crippen LogP contribution in [0.4, 0.5) is 0 Å². The van der Waals surface area contributed by atoms with Gasteiger partial charge in [-0.2, -0.15) is 0 Å². The minimum atomic E-state index is 0.732. The number of hydrogen-bond acceptors (Lipinski definition) is 2. The topological polar surface area (TPSA) is 15.3 Å². The normalized spacial score (nSPS) is 33.2. The fraction of sp³-hybridized carbons (Fsp3) is 1.00. The maximum atomic E-state index is 3.72. The number of nitrogens with zero attached hydrogens (tertiary/aromatic N) is 1. The molecule has 1 saturated heterocycles. The van der Waals surface area contributed by atoms with Crippen LogP contribution in [0.5, 0.6) is 0 Å². The lowest BCUT2D eigenvalue weighted by molar-refractivity contribution is 0.178. The minimum Gasteiger partial charge on any atom is -0.311 e. The zero-order chi connectivity index (χ0) is 9.26. The molecule has 1 N–H and O–H groups in total. The van der Waals surface area contributed by atoms with Crippen molar-refractivity contribution in [3.8, 4) is 0 Å². The molecule has 2 aliphatic rings. The van der Waals surface area contributed by atoms with Crippen LogP contribution in [0, 0.1) is 5.92 Å². The fourth-order valence-electron chi connectivity index (χ4n) is 2.37. The predicted octanol–water partition coefficient (Wildman–Crippen LogP) is 1.47. The van der Waals surface area contributed by atoms with Crippen LogP contribution >= 0.6 is 0 Å². The van der Waals surface area contributed by atoms with Crippen LogP contribution in [0.3, 0.4) is 0 Å². The highest BCUT2D eigenvalue weighted by Gasteiger charge is 2.28. The van der Waals surface area contributed by atoms with Gasteiger partial charge in [-0.1, -0.05) is 0 Å². The molecule has 2 atom stereocenters. The quantitative estimate of drug-likeness (QED) is 0.711. The molecule has 1 aliphatic heterocycles. The number of likely N-dealkylation sites (tertiary alicyclic amines) is 1. The highest BCUT2D eigenvalue weighted by molar-refractivity contribution is 4.87. The average Bonchev–Trinajstić information content (AvgIpc) is 2.88. The van der Waals surface area contributed by atoms with E-state index in [1.165, 1.54) is 38.8 Å². The molecule has 2 unspecified atom stereocenters. The molecular formula is C11H22N2. The summed E-state index contributed by atoms with van der Waals surface area (Å²) in [4.78, 5) is 2.47. The molecule has 0 aromatic carbocycles. The van der Waals surface area contributed by atoms with E-state index in [1.807, 2.05) is 0 Å². The van der Waals surface area contributed by atoms with E-state index >= 15 is 0 Å². The molecule has 2 heteroatoms. The fourth-order valence-corrected chi connectivity index (χ4v) is 2.37. The van der Waals surface area contributed by atoms with Gasteiger partial charge in [-0.05, 0) is 52.1 Å². The standard InChI is InChI=1S/C11H22N2/c1-9(12-11-5-6-11)10-4-3-7-13(2)8-10/h9-12H,3-8H2,1-2H3. The van der Waals surface area contributed by atoms with Crippen molar-refractivity contribution in [1.82, 2.24) is 10.2 Å². The van der Waals surface area contributed by atoms with Gasteiger partial charge >= 0.3 is 0 Å². The predicted molar refractivity (Wildman–Crippen MR) is 55.8 cm³/mol. The van der Waals surface area contributed by atoms with E-state index in [2.05, 4.69) is 24.2 Å². The summed E-state index contributed by atoms with van der Waals surface area (Å²) >= 11 is 0. The van der Waals surface area contributed by atoms with E-state index in [0.717, 1.165) is 18.0 Å². The minimum absolute atomic E-state index is 0.732. The van der Waals surface area contributed by atoms with Crippen LogP contribution in [0.2, 0.25) is 0 Å². The lowest BCUT2D eigenvalue weighted by Gasteiger charge is -2.34. The molecule has 0 bridgehead atoms. The Hall–Kier alpha value is -0.0800. The van der Waals surface area contributed by atoms with Crippen molar-refractivity contribution >= 4 is 0 Å². The zero-order valence-corrected chi connectivity index (χ0v) is 8.92. The highest BCUT2D eigenvalue weighted by atomic mass is 15.1. The molecule has 0 aromatic rings. The van der Waals surface area contributed by atoms with Crippen molar-refractivity contribution < 1.29 is 0 Å². The van der Waals surface area contributed by atoms with Gasteiger partial charge in [-0.15, -0.1) is 0 Å². The molecule has 2 nitrogen and oxygen atoms in total. The van der Waals surface area contributed by atoms with Crippen LogP contribution in [-0.4, -0.2) is 37.1 Å². The van der Waals surface area contributed by atoms with E-state index in [9.17, 15) is 0 Å². The van der Waals surface area contributed by atoms with Crippen LogP contribution in [0.15, 0.2) is 0 Å². The molecule has 2 fully saturated rings. The molecule has 0 radical (unpaired) electrons. The van der Waals surface area contributed by atoms with Crippen LogP contribution in [0.1, 0.15) is 32.6 Å². The summed E-state index contributed by atoms with van der Waals surface area (Å²) in [5.41, 5.74) is 0. The summed E-state index contributed by atoms with van der Waals surface area (Å²) in [6.07, 6.45) is 5.63. The zero-order valence-electron chi connectivity index (χ0n) is 8.92. The third kappa shape index (κ3) is 2.68. The van der Waals surface area contributed by atoms with Gasteiger partial charge in [0, 0.05) is 18.6 Å². The largest absolute Gasteiger partial charge is 0.311 e. The van der Waals surface area contributed by atoms with Crippen LogP contribution in [-0.2, 0) is 0 Å². The van der Waals surface area contributed by atoms with Gasteiger partial charge in [0.1, 0.15) is 0 Å². The number of piperidine rings is 1. The summed E-state index contributed by atoms with van der Waals surface area (Å²) in [7, 11) is 2.25. The summed E-state index contributed by atoms with van der Waals surface area (Å²) < 4.78 is 0. The molecule has 0 amide bonds. The first-order chi connectivity index (χ1) is 6.25. The average molecular weight is 182 g/mol. The van der Waals surface area contributed by atoms with Gasteiger partial charge in [0.25, 0.3) is 0 Å². The number of nitrogens with one attached hydrogen (secondary N) is 1. The Bertz CT molecular complexity index is 165. The van der Waals surface area contributed by atoms with E-state index in [0.29, 0.717) is 0 Å². The number of hydrogen-bond donors (Lipinski definition) is 1. The first-order valence-corrected chi connectivity index (χ1v) is 5.70. The smallest absolute Gasteiger partial charge is 0.00818 e. The van der Waals surface area contributed by atoms with E-state index in [4.69, 9.17) is 0 Å². The first-order valence-electron chi connectivity index (χ1n) is 5.70. The molecule has 0 spiro atoms. The summed E-state index contributed by atoms with van der Waals surface area (Å²) in [5, 5.41) is 3.72. The first kappa shape index (κ1) is 9.47. The van der Waals surface area contributed by atoms with E-state index in [-0.39, 0.29) is 0 Å². The third-order valence-corrected chi connectivity index (χ3v) is 3.44. The van der Waals surface area contributed by atoms with Crippen molar-refractivity contribution in [3.63, 3.8) is 0 Å². The Morgan fingerprint density at radius 3 is 2.69 bits per heavy atom. The monoisotopic (exact) mass is 182 g/mol. The number of rotatable bonds is 3. The summed E-state index contributed by atoms with van der Waals surface area (Å²) in [6.45, 7) is 4.95. The van der Waals surface area contributed by atoms with Crippen LogP contribution < -0.4 is 5.32 Å². The van der Waals surface area contributed by atoms with Gasteiger partial charge in [0.05, 0.1) is 0 Å². The van der Waals surface area contributed by atoms with Gasteiger partial charge in [-0.25, -0.2) is 0 Å². The van der Waals surface area contributed by atoms with E-state index in [1.54, 1.807) is 0 Å². The second-order valence-corrected chi connectivity index (χ2v) is 4.89. The molecule has 76 valence electrons. The molecular weight excluding hydrogens is 160 g/mol. The third-order valence-electron chi connectivity index (χ3n) is 3.44. The Morgan fingerprint density at radius 1 is 1.31 bits per heavy atom. The maximum Gasteiger partial charge on any atom is 0.00818 e. The lowest BCUT2D eigenvalue weighted by atomic mass is 9.92. The van der Waals surface area contributed by atoms with Crippen molar-refractivity contribution in [1.29, 1.82) is 0 Å².